The molecule has 0 amide bonds. The Kier molecular flexibility index (Phi) is 7.30. The maximum Gasteiger partial charge on any atom is 0.191 e. The van der Waals surface area contributed by atoms with Crippen LogP contribution in [-0.2, 0) is 6.42 Å². The minimum atomic E-state index is 0.728. The fourth-order valence-electron chi connectivity index (χ4n) is 2.74. The maximum absolute atomic E-state index is 4.78. The van der Waals surface area contributed by atoms with Crippen molar-refractivity contribution in [2.45, 2.75) is 40.0 Å². The van der Waals surface area contributed by atoms with Crippen LogP contribution in [0.15, 0.2) is 4.99 Å². The van der Waals surface area contributed by atoms with Crippen LogP contribution in [0.4, 0.5) is 0 Å². The zero-order valence-electron chi connectivity index (χ0n) is 15.0. The van der Waals surface area contributed by atoms with Crippen LogP contribution >= 0.6 is 11.3 Å². The molecule has 130 valence electrons. The Labute approximate surface area is 144 Å². The van der Waals surface area contributed by atoms with Gasteiger partial charge < -0.3 is 15.5 Å². The number of aliphatic imine (C=N–C) groups is 1. The lowest BCUT2D eigenvalue weighted by Crippen LogP contribution is -2.39. The molecule has 1 fully saturated rings. The number of likely N-dealkylation sites (tertiary alicyclic amines) is 1. The summed E-state index contributed by atoms with van der Waals surface area (Å²) in [6.45, 7) is 11.4. The Morgan fingerprint density at radius 2 is 2.04 bits per heavy atom. The Hall–Kier alpha value is -1.14. The van der Waals surface area contributed by atoms with Gasteiger partial charge in [-0.2, -0.15) is 0 Å². The summed E-state index contributed by atoms with van der Waals surface area (Å²) in [6, 6.07) is 0. The van der Waals surface area contributed by atoms with Crippen molar-refractivity contribution in [1.82, 2.24) is 20.5 Å². The van der Waals surface area contributed by atoms with Crippen LogP contribution < -0.4 is 10.6 Å². The number of guanidine groups is 1. The lowest BCUT2D eigenvalue weighted by atomic mass is 9.97. The normalized spacial score (nSPS) is 17.5. The molecule has 0 atom stereocenters. The number of hydrogen-bond acceptors (Lipinski definition) is 4. The summed E-state index contributed by atoms with van der Waals surface area (Å²) in [5.41, 5.74) is 1.16. The highest BCUT2D eigenvalue weighted by molar-refractivity contribution is 7.11. The molecule has 0 aliphatic carbocycles. The Morgan fingerprint density at radius 1 is 1.30 bits per heavy atom. The third-order valence-electron chi connectivity index (χ3n) is 4.39. The SMILES string of the molecule is CCNC(=NCC1CCN(C)CC1)NCCc1nc(C)c(C)s1. The summed E-state index contributed by atoms with van der Waals surface area (Å²) in [6.07, 6.45) is 3.48. The smallest absolute Gasteiger partial charge is 0.191 e. The summed E-state index contributed by atoms with van der Waals surface area (Å²) in [5.74, 6) is 1.67. The van der Waals surface area contributed by atoms with E-state index in [2.05, 4.69) is 48.3 Å². The number of aryl methyl sites for hydroxylation is 2. The summed E-state index contributed by atoms with van der Waals surface area (Å²) >= 11 is 1.80. The van der Waals surface area contributed by atoms with E-state index in [1.807, 2.05) is 0 Å². The zero-order chi connectivity index (χ0) is 16.7. The molecule has 23 heavy (non-hydrogen) atoms. The lowest BCUT2D eigenvalue weighted by molar-refractivity contribution is 0.223. The summed E-state index contributed by atoms with van der Waals surface area (Å²) in [4.78, 5) is 13.1. The van der Waals surface area contributed by atoms with Gasteiger partial charge in [0.2, 0.25) is 0 Å². The first kappa shape index (κ1) is 18.2. The number of rotatable bonds is 6. The van der Waals surface area contributed by atoms with Crippen LogP contribution in [0.1, 0.15) is 35.3 Å². The minimum Gasteiger partial charge on any atom is -0.357 e. The molecule has 5 nitrogen and oxygen atoms in total. The summed E-state index contributed by atoms with van der Waals surface area (Å²) < 4.78 is 0. The van der Waals surface area contributed by atoms with E-state index in [-0.39, 0.29) is 0 Å². The summed E-state index contributed by atoms with van der Waals surface area (Å²) in [7, 11) is 2.20. The van der Waals surface area contributed by atoms with E-state index >= 15 is 0 Å². The van der Waals surface area contributed by atoms with E-state index in [9.17, 15) is 0 Å². The number of hydrogen-bond donors (Lipinski definition) is 2. The molecule has 0 spiro atoms. The highest BCUT2D eigenvalue weighted by atomic mass is 32.1. The first-order chi connectivity index (χ1) is 11.1. The molecule has 0 radical (unpaired) electrons. The topological polar surface area (TPSA) is 52.6 Å². The van der Waals surface area contributed by atoms with Gasteiger partial charge >= 0.3 is 0 Å². The van der Waals surface area contributed by atoms with Gasteiger partial charge in [0.05, 0.1) is 10.7 Å². The maximum atomic E-state index is 4.78. The molecule has 0 unspecified atom stereocenters. The number of aromatic nitrogens is 1. The van der Waals surface area contributed by atoms with Crippen LogP contribution in [0.25, 0.3) is 0 Å². The van der Waals surface area contributed by atoms with Crippen LogP contribution in [-0.4, -0.2) is 55.6 Å². The highest BCUT2D eigenvalue weighted by Crippen LogP contribution is 2.17. The fourth-order valence-corrected chi connectivity index (χ4v) is 3.67. The fraction of sp³-hybridized carbons (Fsp3) is 0.765. The Morgan fingerprint density at radius 3 is 2.65 bits per heavy atom. The van der Waals surface area contributed by atoms with Crippen molar-refractivity contribution in [2.24, 2.45) is 10.9 Å². The average Bonchev–Trinajstić information content (AvgIpc) is 2.85. The largest absolute Gasteiger partial charge is 0.357 e. The van der Waals surface area contributed by atoms with Crippen molar-refractivity contribution in [3.63, 3.8) is 0 Å². The molecule has 1 aromatic rings. The monoisotopic (exact) mass is 337 g/mol. The van der Waals surface area contributed by atoms with E-state index in [4.69, 9.17) is 4.99 Å². The molecule has 1 aliphatic heterocycles. The average molecular weight is 338 g/mol. The Balaban J connectivity index is 1.77. The minimum absolute atomic E-state index is 0.728. The second-order valence-electron chi connectivity index (χ2n) is 6.39. The Bertz CT molecular complexity index is 484. The molecule has 1 saturated heterocycles. The van der Waals surface area contributed by atoms with Gasteiger partial charge in [0, 0.05) is 30.9 Å². The molecule has 2 N–H and O–H groups in total. The van der Waals surface area contributed by atoms with E-state index in [0.29, 0.717) is 0 Å². The standard InChI is InChI=1S/C17H31N5S/c1-5-18-17(20-12-15-7-10-22(4)11-8-15)19-9-6-16-21-13(2)14(3)23-16/h15H,5-12H2,1-4H3,(H2,18,19,20). The van der Waals surface area contributed by atoms with Crippen molar-refractivity contribution in [3.05, 3.63) is 15.6 Å². The number of thiazole rings is 1. The van der Waals surface area contributed by atoms with Gasteiger partial charge in [-0.25, -0.2) is 4.98 Å². The van der Waals surface area contributed by atoms with E-state index in [0.717, 1.165) is 43.6 Å². The van der Waals surface area contributed by atoms with Crippen molar-refractivity contribution in [3.8, 4) is 0 Å². The quantitative estimate of drug-likeness (QED) is 0.617. The van der Waals surface area contributed by atoms with Crippen LogP contribution in [0, 0.1) is 19.8 Å². The third kappa shape index (κ3) is 6.11. The van der Waals surface area contributed by atoms with Gasteiger partial charge in [-0.05, 0) is 59.7 Å². The summed E-state index contributed by atoms with van der Waals surface area (Å²) in [5, 5.41) is 7.99. The number of piperidine rings is 1. The zero-order valence-corrected chi connectivity index (χ0v) is 15.8. The number of nitrogens with zero attached hydrogens (tertiary/aromatic N) is 3. The van der Waals surface area contributed by atoms with Crippen molar-refractivity contribution in [2.75, 3.05) is 39.8 Å². The van der Waals surface area contributed by atoms with Crippen molar-refractivity contribution >= 4 is 17.3 Å². The number of nitrogens with one attached hydrogen (secondary N) is 2. The van der Waals surface area contributed by atoms with Gasteiger partial charge in [0.15, 0.2) is 5.96 Å². The lowest BCUT2D eigenvalue weighted by Gasteiger charge is -2.28. The molecule has 1 aromatic heterocycles. The van der Waals surface area contributed by atoms with Crippen LogP contribution in [0.3, 0.4) is 0 Å². The molecular formula is C17H31N5S. The van der Waals surface area contributed by atoms with Crippen LogP contribution in [0.2, 0.25) is 0 Å². The first-order valence-corrected chi connectivity index (χ1v) is 9.53. The molecule has 0 saturated carbocycles. The highest BCUT2D eigenvalue weighted by Gasteiger charge is 2.16. The molecule has 2 rings (SSSR count). The van der Waals surface area contributed by atoms with E-state index in [1.54, 1.807) is 11.3 Å². The van der Waals surface area contributed by atoms with Gasteiger partial charge in [-0.1, -0.05) is 0 Å². The van der Waals surface area contributed by atoms with E-state index < -0.39 is 0 Å². The molecule has 0 aromatic carbocycles. The first-order valence-electron chi connectivity index (χ1n) is 8.72. The predicted octanol–water partition coefficient (Wildman–Crippen LogP) is 2.20. The van der Waals surface area contributed by atoms with Crippen LogP contribution in [0.5, 0.6) is 0 Å². The van der Waals surface area contributed by atoms with Gasteiger partial charge in [0.1, 0.15) is 0 Å². The van der Waals surface area contributed by atoms with Crippen molar-refractivity contribution in [1.29, 1.82) is 0 Å². The predicted molar refractivity (Wildman–Crippen MR) is 99.5 cm³/mol. The van der Waals surface area contributed by atoms with Crippen molar-refractivity contribution < 1.29 is 0 Å². The van der Waals surface area contributed by atoms with Gasteiger partial charge in [-0.15, -0.1) is 11.3 Å². The molecule has 1 aliphatic rings. The molecule has 2 heterocycles. The van der Waals surface area contributed by atoms with Gasteiger partial charge in [0.25, 0.3) is 0 Å². The molecule has 0 bridgehead atoms. The van der Waals surface area contributed by atoms with Gasteiger partial charge in [-0.3, -0.25) is 4.99 Å². The third-order valence-corrected chi connectivity index (χ3v) is 5.53. The van der Waals surface area contributed by atoms with E-state index in [1.165, 1.54) is 35.8 Å². The second kappa shape index (κ2) is 9.23. The molecule has 6 heteroatoms. The second-order valence-corrected chi connectivity index (χ2v) is 7.68. The molecular weight excluding hydrogens is 306 g/mol.